The highest BCUT2D eigenvalue weighted by molar-refractivity contribution is 5.29. The fraction of sp³-hybridized carbons (Fsp3) is 0.667. The Balaban J connectivity index is 1.88. The van der Waals surface area contributed by atoms with Crippen molar-refractivity contribution in [2.75, 3.05) is 20.1 Å². The highest BCUT2D eigenvalue weighted by Gasteiger charge is 2.17. The van der Waals surface area contributed by atoms with Crippen LogP contribution in [0.25, 0.3) is 0 Å². The third-order valence-electron chi connectivity index (χ3n) is 4.19. The van der Waals surface area contributed by atoms with Crippen molar-refractivity contribution in [3.8, 4) is 5.75 Å². The van der Waals surface area contributed by atoms with E-state index in [-0.39, 0.29) is 6.10 Å². The monoisotopic (exact) mass is 290 g/mol. The number of nitrogens with zero attached hydrogens (tertiary/aromatic N) is 1. The summed E-state index contributed by atoms with van der Waals surface area (Å²) >= 11 is 0. The van der Waals surface area contributed by atoms with Crippen molar-refractivity contribution in [3.63, 3.8) is 0 Å². The number of nitrogens with one attached hydrogen (secondary N) is 1. The molecule has 0 saturated carbocycles. The first-order chi connectivity index (χ1) is 10.0. The van der Waals surface area contributed by atoms with Crippen molar-refractivity contribution in [2.45, 2.75) is 58.2 Å². The first kappa shape index (κ1) is 16.3. The molecule has 2 unspecified atom stereocenters. The van der Waals surface area contributed by atoms with E-state index in [4.69, 9.17) is 4.74 Å². The highest BCUT2D eigenvalue weighted by atomic mass is 16.5. The van der Waals surface area contributed by atoms with Crippen LogP contribution in [0, 0.1) is 0 Å². The van der Waals surface area contributed by atoms with E-state index in [1.807, 2.05) is 0 Å². The summed E-state index contributed by atoms with van der Waals surface area (Å²) in [6.07, 6.45) is 4.05. The lowest BCUT2D eigenvalue weighted by Crippen LogP contribution is -2.32. The molecule has 21 heavy (non-hydrogen) atoms. The van der Waals surface area contributed by atoms with E-state index in [0.29, 0.717) is 12.1 Å². The predicted molar refractivity (Wildman–Crippen MR) is 88.9 cm³/mol. The van der Waals surface area contributed by atoms with Gasteiger partial charge in [0.25, 0.3) is 0 Å². The Morgan fingerprint density at radius 3 is 2.48 bits per heavy atom. The molecule has 1 heterocycles. The molecular weight excluding hydrogens is 260 g/mol. The molecule has 0 spiro atoms. The zero-order chi connectivity index (χ0) is 15.2. The molecule has 0 amide bonds. The van der Waals surface area contributed by atoms with Gasteiger partial charge in [-0.25, -0.2) is 0 Å². The van der Waals surface area contributed by atoms with E-state index >= 15 is 0 Å². The Hall–Kier alpha value is -1.06. The van der Waals surface area contributed by atoms with Crippen LogP contribution in [0.5, 0.6) is 5.75 Å². The van der Waals surface area contributed by atoms with Gasteiger partial charge in [-0.15, -0.1) is 0 Å². The van der Waals surface area contributed by atoms with Crippen molar-refractivity contribution >= 4 is 0 Å². The number of hydrogen-bond acceptors (Lipinski definition) is 3. The normalized spacial score (nSPS) is 22.0. The average molecular weight is 290 g/mol. The summed E-state index contributed by atoms with van der Waals surface area (Å²) in [6.45, 7) is 8.80. The van der Waals surface area contributed by atoms with Gasteiger partial charge in [0.15, 0.2) is 0 Å². The topological polar surface area (TPSA) is 24.5 Å². The molecule has 1 fully saturated rings. The second-order valence-electron chi connectivity index (χ2n) is 6.56. The van der Waals surface area contributed by atoms with Crippen molar-refractivity contribution < 1.29 is 4.74 Å². The van der Waals surface area contributed by atoms with Gasteiger partial charge in [-0.1, -0.05) is 12.1 Å². The average Bonchev–Trinajstić information content (AvgIpc) is 2.64. The van der Waals surface area contributed by atoms with Gasteiger partial charge >= 0.3 is 0 Å². The van der Waals surface area contributed by atoms with Crippen molar-refractivity contribution in [3.05, 3.63) is 29.8 Å². The molecule has 2 rings (SSSR count). The molecule has 0 aromatic heterocycles. The number of hydrogen-bond donors (Lipinski definition) is 1. The highest BCUT2D eigenvalue weighted by Crippen LogP contribution is 2.20. The van der Waals surface area contributed by atoms with Gasteiger partial charge in [0, 0.05) is 12.1 Å². The van der Waals surface area contributed by atoms with E-state index in [2.05, 4.69) is 62.3 Å². The second kappa shape index (κ2) is 7.81. The summed E-state index contributed by atoms with van der Waals surface area (Å²) in [5.41, 5.74) is 1.34. The minimum absolute atomic E-state index is 0.231. The van der Waals surface area contributed by atoms with Crippen LogP contribution in [0.15, 0.2) is 24.3 Å². The van der Waals surface area contributed by atoms with E-state index in [1.165, 1.54) is 37.9 Å². The Bertz CT molecular complexity index is 416. The Morgan fingerprint density at radius 1 is 1.10 bits per heavy atom. The van der Waals surface area contributed by atoms with Crippen LogP contribution in [0.3, 0.4) is 0 Å². The Kier molecular flexibility index (Phi) is 6.07. The zero-order valence-corrected chi connectivity index (χ0v) is 13.9. The first-order valence-corrected chi connectivity index (χ1v) is 8.26. The maximum atomic E-state index is 5.70. The van der Waals surface area contributed by atoms with Gasteiger partial charge in [-0.05, 0) is 77.9 Å². The van der Waals surface area contributed by atoms with Crippen molar-refractivity contribution in [1.29, 1.82) is 0 Å². The Morgan fingerprint density at radius 2 is 1.81 bits per heavy atom. The quantitative estimate of drug-likeness (QED) is 0.896. The van der Waals surface area contributed by atoms with Crippen molar-refractivity contribution in [2.24, 2.45) is 0 Å². The van der Waals surface area contributed by atoms with Gasteiger partial charge in [0.1, 0.15) is 5.75 Å². The minimum Gasteiger partial charge on any atom is -0.491 e. The summed E-state index contributed by atoms with van der Waals surface area (Å²) in [5, 5.41) is 3.79. The molecule has 2 atom stereocenters. The van der Waals surface area contributed by atoms with E-state index in [9.17, 15) is 0 Å². The smallest absolute Gasteiger partial charge is 0.119 e. The van der Waals surface area contributed by atoms with Crippen molar-refractivity contribution in [1.82, 2.24) is 10.2 Å². The molecule has 1 aromatic rings. The number of benzene rings is 1. The van der Waals surface area contributed by atoms with E-state index < -0.39 is 0 Å². The van der Waals surface area contributed by atoms with Gasteiger partial charge < -0.3 is 15.0 Å². The molecule has 1 aliphatic rings. The van der Waals surface area contributed by atoms with Crippen LogP contribution < -0.4 is 10.1 Å². The number of ether oxygens (including phenoxy) is 1. The molecule has 1 saturated heterocycles. The molecule has 1 aromatic carbocycles. The Labute approximate surface area is 129 Å². The summed E-state index contributed by atoms with van der Waals surface area (Å²) in [5.74, 6) is 0.956. The van der Waals surface area contributed by atoms with Gasteiger partial charge in [-0.3, -0.25) is 0 Å². The third-order valence-corrected chi connectivity index (χ3v) is 4.19. The summed E-state index contributed by atoms with van der Waals surface area (Å²) in [6, 6.07) is 9.54. The van der Waals surface area contributed by atoms with Crippen LogP contribution in [-0.4, -0.2) is 37.2 Å². The molecule has 3 heteroatoms. The van der Waals surface area contributed by atoms with Crippen LogP contribution >= 0.6 is 0 Å². The van der Waals surface area contributed by atoms with Gasteiger partial charge in [-0.2, -0.15) is 0 Å². The first-order valence-electron chi connectivity index (χ1n) is 8.26. The SMILES string of the molecule is CC(C)Oc1ccc(C(C)NC2CCCN(C)CC2)cc1. The molecule has 0 bridgehead atoms. The summed E-state index contributed by atoms with van der Waals surface area (Å²) in [7, 11) is 2.22. The molecular formula is C18H30N2O. The van der Waals surface area contributed by atoms with E-state index in [1.54, 1.807) is 0 Å². The minimum atomic E-state index is 0.231. The maximum absolute atomic E-state index is 5.70. The van der Waals surface area contributed by atoms with Crippen LogP contribution in [-0.2, 0) is 0 Å². The fourth-order valence-corrected chi connectivity index (χ4v) is 2.96. The maximum Gasteiger partial charge on any atom is 0.119 e. The standard InChI is InChI=1S/C18H30N2O/c1-14(2)21-18-9-7-16(8-10-18)15(3)19-17-6-5-12-20(4)13-11-17/h7-10,14-15,17,19H,5-6,11-13H2,1-4H3. The predicted octanol–water partition coefficient (Wildman–Crippen LogP) is 3.61. The molecule has 1 aliphatic heterocycles. The fourth-order valence-electron chi connectivity index (χ4n) is 2.96. The molecule has 1 N–H and O–H groups in total. The van der Waals surface area contributed by atoms with Gasteiger partial charge in [0.05, 0.1) is 6.10 Å². The number of likely N-dealkylation sites (tertiary alicyclic amines) is 1. The van der Waals surface area contributed by atoms with Crippen LogP contribution in [0.1, 0.15) is 51.6 Å². The molecule has 0 radical (unpaired) electrons. The lowest BCUT2D eigenvalue weighted by molar-refractivity contribution is 0.242. The molecule has 118 valence electrons. The summed E-state index contributed by atoms with van der Waals surface area (Å²) < 4.78 is 5.70. The molecule has 0 aliphatic carbocycles. The third kappa shape index (κ3) is 5.33. The van der Waals surface area contributed by atoms with Crippen LogP contribution in [0.4, 0.5) is 0 Å². The van der Waals surface area contributed by atoms with Gasteiger partial charge in [0.2, 0.25) is 0 Å². The second-order valence-corrected chi connectivity index (χ2v) is 6.56. The van der Waals surface area contributed by atoms with Crippen LogP contribution in [0.2, 0.25) is 0 Å². The number of rotatable bonds is 5. The van der Waals surface area contributed by atoms with E-state index in [0.717, 1.165) is 5.75 Å². The largest absolute Gasteiger partial charge is 0.491 e. The zero-order valence-electron chi connectivity index (χ0n) is 13.9. The summed E-state index contributed by atoms with van der Waals surface area (Å²) in [4.78, 5) is 2.43. The lowest BCUT2D eigenvalue weighted by atomic mass is 10.0. The molecule has 3 nitrogen and oxygen atoms in total. The lowest BCUT2D eigenvalue weighted by Gasteiger charge is -2.23.